The average Bonchev–Trinajstić information content (AvgIpc) is 2.76. The van der Waals surface area contributed by atoms with Crippen LogP contribution in [0.25, 0.3) is 6.08 Å². The molecule has 1 saturated heterocycles. The molecule has 0 aliphatic carbocycles. The van der Waals surface area contributed by atoms with Crippen molar-refractivity contribution in [2.75, 3.05) is 33.3 Å². The summed E-state index contributed by atoms with van der Waals surface area (Å²) in [5.41, 5.74) is 0.931. The molecule has 0 atom stereocenters. The molecule has 3 rings (SSSR count). The molecule has 1 aliphatic heterocycles. The number of carbonyl (C=O) groups is 2. The third kappa shape index (κ3) is 3.92. The first-order valence-corrected chi connectivity index (χ1v) is 9.19. The molecule has 0 bridgehead atoms. The number of nitrogens with zero attached hydrogens (tertiary/aromatic N) is 1. The summed E-state index contributed by atoms with van der Waals surface area (Å²) in [6.07, 6.45) is 1.44. The van der Waals surface area contributed by atoms with Crippen LogP contribution < -0.4 is 29.2 Å². The van der Waals surface area contributed by atoms with Crippen molar-refractivity contribution in [3.05, 3.63) is 47.5 Å². The number of carbonyl (C=O) groups excluding carboxylic acids is 2. The zero-order valence-corrected chi connectivity index (χ0v) is 17.7. The lowest BCUT2D eigenvalue weighted by Crippen LogP contribution is -2.54. The molecular formula is C21H20N2O6S. The Labute approximate surface area is 179 Å². The first-order chi connectivity index (χ1) is 14.4. The summed E-state index contributed by atoms with van der Waals surface area (Å²) in [6.45, 7) is 0. The SMILES string of the molecule is COc1ccc(N2C(=O)/C(=C/c3cc(OC)c(OC)c(OC)c3)C(=O)NC2=S)cc1. The van der Waals surface area contributed by atoms with Gasteiger partial charge >= 0.3 is 0 Å². The number of rotatable bonds is 6. The number of anilines is 1. The number of hydrogen-bond donors (Lipinski definition) is 1. The first-order valence-electron chi connectivity index (χ1n) is 8.79. The number of hydrogen-bond acceptors (Lipinski definition) is 7. The van der Waals surface area contributed by atoms with Gasteiger partial charge in [-0.3, -0.25) is 19.8 Å². The van der Waals surface area contributed by atoms with Gasteiger partial charge in [-0.25, -0.2) is 0 Å². The molecule has 1 fully saturated rings. The Morgan fingerprint density at radius 2 is 1.50 bits per heavy atom. The van der Waals surface area contributed by atoms with Gasteiger partial charge in [0.05, 0.1) is 34.1 Å². The molecule has 8 nitrogen and oxygen atoms in total. The second-order valence-corrected chi connectivity index (χ2v) is 6.50. The monoisotopic (exact) mass is 428 g/mol. The van der Waals surface area contributed by atoms with Gasteiger partial charge in [-0.15, -0.1) is 0 Å². The zero-order valence-electron chi connectivity index (χ0n) is 16.8. The quantitative estimate of drug-likeness (QED) is 0.430. The molecule has 2 aromatic carbocycles. The maximum absolute atomic E-state index is 13.1. The summed E-state index contributed by atoms with van der Waals surface area (Å²) >= 11 is 5.21. The van der Waals surface area contributed by atoms with E-state index in [1.54, 1.807) is 43.5 Å². The largest absolute Gasteiger partial charge is 0.497 e. The lowest BCUT2D eigenvalue weighted by molar-refractivity contribution is -0.122. The molecule has 2 amide bonds. The van der Waals surface area contributed by atoms with Crippen LogP contribution >= 0.6 is 12.2 Å². The van der Waals surface area contributed by atoms with Crippen LogP contribution in [0.5, 0.6) is 23.0 Å². The highest BCUT2D eigenvalue weighted by Gasteiger charge is 2.34. The number of methoxy groups -OCH3 is 4. The summed E-state index contributed by atoms with van der Waals surface area (Å²) < 4.78 is 21.1. The minimum atomic E-state index is -0.594. The predicted molar refractivity (Wildman–Crippen MR) is 115 cm³/mol. The average molecular weight is 428 g/mol. The van der Waals surface area contributed by atoms with E-state index in [9.17, 15) is 9.59 Å². The molecule has 156 valence electrons. The van der Waals surface area contributed by atoms with Crippen LogP contribution in [0.15, 0.2) is 42.0 Å². The molecule has 0 radical (unpaired) electrons. The number of thiocarbonyl (C=S) groups is 1. The van der Waals surface area contributed by atoms with Gasteiger partial charge in [-0.2, -0.15) is 0 Å². The molecule has 1 N–H and O–H groups in total. The van der Waals surface area contributed by atoms with Gasteiger partial charge in [0.15, 0.2) is 16.6 Å². The normalized spacial score (nSPS) is 15.1. The molecule has 0 unspecified atom stereocenters. The Bertz CT molecular complexity index is 1010. The van der Waals surface area contributed by atoms with Crippen molar-refractivity contribution in [1.82, 2.24) is 5.32 Å². The Balaban J connectivity index is 2.04. The maximum Gasteiger partial charge on any atom is 0.270 e. The maximum atomic E-state index is 13.1. The second-order valence-electron chi connectivity index (χ2n) is 6.11. The summed E-state index contributed by atoms with van der Waals surface area (Å²) in [5.74, 6) is 0.685. The number of nitrogens with one attached hydrogen (secondary N) is 1. The van der Waals surface area contributed by atoms with Crippen LogP contribution in [-0.4, -0.2) is 45.4 Å². The first kappa shape index (κ1) is 21.1. The van der Waals surface area contributed by atoms with Crippen LogP contribution in [-0.2, 0) is 9.59 Å². The van der Waals surface area contributed by atoms with Gasteiger partial charge in [0.2, 0.25) is 5.75 Å². The molecule has 0 spiro atoms. The van der Waals surface area contributed by atoms with E-state index in [1.807, 2.05) is 0 Å². The molecule has 9 heteroatoms. The van der Waals surface area contributed by atoms with Crippen LogP contribution in [0.1, 0.15) is 5.56 Å². The molecule has 1 aliphatic rings. The standard InChI is InChI=1S/C21H20N2O6S/c1-26-14-7-5-13(6-8-14)23-20(25)15(19(24)22-21(23)30)9-12-10-16(27-2)18(29-4)17(11-12)28-3/h5-11H,1-4H3,(H,22,24,30)/b15-9+. The number of benzene rings is 2. The highest BCUT2D eigenvalue weighted by Crippen LogP contribution is 2.39. The summed E-state index contributed by atoms with van der Waals surface area (Å²) in [4.78, 5) is 26.9. The van der Waals surface area contributed by atoms with Crippen molar-refractivity contribution < 1.29 is 28.5 Å². The lowest BCUT2D eigenvalue weighted by atomic mass is 10.1. The molecule has 0 saturated carbocycles. The van der Waals surface area contributed by atoms with Gasteiger partial charge < -0.3 is 18.9 Å². The van der Waals surface area contributed by atoms with Gasteiger partial charge in [-0.1, -0.05) is 0 Å². The van der Waals surface area contributed by atoms with Crippen LogP contribution in [0.3, 0.4) is 0 Å². The van der Waals surface area contributed by atoms with Gasteiger partial charge in [0.1, 0.15) is 11.3 Å². The van der Waals surface area contributed by atoms with Crippen molar-refractivity contribution in [2.45, 2.75) is 0 Å². The van der Waals surface area contributed by atoms with Crippen molar-refractivity contribution in [1.29, 1.82) is 0 Å². The fourth-order valence-electron chi connectivity index (χ4n) is 2.97. The molecular weight excluding hydrogens is 408 g/mol. The van der Waals surface area contributed by atoms with E-state index in [0.29, 0.717) is 34.2 Å². The predicted octanol–water partition coefficient (Wildman–Crippen LogP) is 2.55. The topological polar surface area (TPSA) is 86.3 Å². The van der Waals surface area contributed by atoms with Crippen LogP contribution in [0.2, 0.25) is 0 Å². The fourth-order valence-corrected chi connectivity index (χ4v) is 3.26. The third-order valence-corrected chi connectivity index (χ3v) is 4.71. The van der Waals surface area contributed by atoms with Crippen molar-refractivity contribution in [3.8, 4) is 23.0 Å². The third-order valence-electron chi connectivity index (χ3n) is 4.43. The van der Waals surface area contributed by atoms with Gasteiger partial charge in [0, 0.05) is 0 Å². The lowest BCUT2D eigenvalue weighted by Gasteiger charge is -2.29. The van der Waals surface area contributed by atoms with Gasteiger partial charge in [0.25, 0.3) is 11.8 Å². The van der Waals surface area contributed by atoms with Gasteiger partial charge in [-0.05, 0) is 60.3 Å². The van der Waals surface area contributed by atoms with E-state index in [1.165, 1.54) is 32.3 Å². The Kier molecular flexibility index (Phi) is 6.22. The fraction of sp³-hybridized carbons (Fsp3) is 0.190. The highest BCUT2D eigenvalue weighted by molar-refractivity contribution is 7.80. The van der Waals surface area contributed by atoms with E-state index in [0.717, 1.165) is 0 Å². The van der Waals surface area contributed by atoms with E-state index in [2.05, 4.69) is 5.32 Å². The summed E-state index contributed by atoms with van der Waals surface area (Å²) in [5, 5.41) is 2.55. The molecule has 2 aromatic rings. The van der Waals surface area contributed by atoms with E-state index in [4.69, 9.17) is 31.2 Å². The van der Waals surface area contributed by atoms with Crippen molar-refractivity contribution in [3.63, 3.8) is 0 Å². The minimum Gasteiger partial charge on any atom is -0.497 e. The molecule has 1 heterocycles. The highest BCUT2D eigenvalue weighted by atomic mass is 32.1. The Morgan fingerprint density at radius 1 is 0.900 bits per heavy atom. The summed E-state index contributed by atoms with van der Waals surface area (Å²) in [7, 11) is 6.00. The van der Waals surface area contributed by atoms with E-state index < -0.39 is 11.8 Å². The van der Waals surface area contributed by atoms with Crippen molar-refractivity contribution >= 4 is 40.9 Å². The molecule has 30 heavy (non-hydrogen) atoms. The van der Waals surface area contributed by atoms with E-state index in [-0.39, 0.29) is 10.7 Å². The Hall–Kier alpha value is -3.59. The van der Waals surface area contributed by atoms with E-state index >= 15 is 0 Å². The number of ether oxygens (including phenoxy) is 4. The Morgan fingerprint density at radius 3 is 2.00 bits per heavy atom. The minimum absolute atomic E-state index is 0.00258. The number of amides is 2. The second kappa shape index (κ2) is 8.83. The molecule has 0 aromatic heterocycles. The van der Waals surface area contributed by atoms with Crippen LogP contribution in [0.4, 0.5) is 5.69 Å². The zero-order chi connectivity index (χ0) is 21.8. The van der Waals surface area contributed by atoms with Crippen LogP contribution in [0, 0.1) is 0 Å². The van der Waals surface area contributed by atoms with Crippen molar-refractivity contribution in [2.24, 2.45) is 0 Å². The smallest absolute Gasteiger partial charge is 0.270 e. The summed E-state index contributed by atoms with van der Waals surface area (Å²) in [6, 6.07) is 10.0.